The summed E-state index contributed by atoms with van der Waals surface area (Å²) in [6.07, 6.45) is 5.37. The number of rotatable bonds is 2. The standard InChI is InChI=1S/C17H13BrN2OS/c1-4-7-20-11(3)19-16-15(17(20)21)13(9-22-16)12-8-10(2)5-6-14(12)18/h1,5-6,8-9H,7H2,2-3H3. The first kappa shape index (κ1) is 15.0. The molecule has 0 saturated carbocycles. The van der Waals surface area contributed by atoms with Crippen molar-refractivity contribution in [3.05, 3.63) is 49.8 Å². The molecule has 0 bridgehead atoms. The number of terminal acetylenes is 1. The summed E-state index contributed by atoms with van der Waals surface area (Å²) in [5.41, 5.74) is 2.96. The van der Waals surface area contributed by atoms with Crippen molar-refractivity contribution in [1.82, 2.24) is 9.55 Å². The number of hydrogen-bond donors (Lipinski definition) is 0. The SMILES string of the molecule is C#CCn1c(C)nc2scc(-c3cc(C)ccc3Br)c2c1=O. The lowest BCUT2D eigenvalue weighted by Crippen LogP contribution is -2.23. The van der Waals surface area contributed by atoms with E-state index < -0.39 is 0 Å². The van der Waals surface area contributed by atoms with E-state index in [1.54, 1.807) is 11.5 Å². The summed E-state index contributed by atoms with van der Waals surface area (Å²) in [6, 6.07) is 6.09. The number of hydrogen-bond acceptors (Lipinski definition) is 3. The summed E-state index contributed by atoms with van der Waals surface area (Å²) in [7, 11) is 0. The molecule has 3 aromatic rings. The van der Waals surface area contributed by atoms with Crippen molar-refractivity contribution < 1.29 is 0 Å². The second kappa shape index (κ2) is 5.71. The summed E-state index contributed by atoms with van der Waals surface area (Å²) in [4.78, 5) is 18.1. The Morgan fingerprint density at radius 2 is 2.14 bits per heavy atom. The van der Waals surface area contributed by atoms with Crippen molar-refractivity contribution in [3.8, 4) is 23.5 Å². The van der Waals surface area contributed by atoms with E-state index in [1.165, 1.54) is 11.3 Å². The number of thiophene rings is 1. The van der Waals surface area contributed by atoms with Crippen LogP contribution < -0.4 is 5.56 Å². The molecule has 0 atom stereocenters. The Bertz CT molecular complexity index is 979. The number of aromatic nitrogens is 2. The maximum Gasteiger partial charge on any atom is 0.263 e. The van der Waals surface area contributed by atoms with E-state index in [4.69, 9.17) is 6.42 Å². The lowest BCUT2D eigenvalue weighted by Gasteiger charge is -2.08. The maximum absolute atomic E-state index is 12.8. The van der Waals surface area contributed by atoms with Gasteiger partial charge in [-0.05, 0) is 25.5 Å². The van der Waals surface area contributed by atoms with Gasteiger partial charge in [-0.15, -0.1) is 17.8 Å². The first-order valence-electron chi connectivity index (χ1n) is 6.71. The maximum atomic E-state index is 12.8. The van der Waals surface area contributed by atoms with Crippen LogP contribution in [0.5, 0.6) is 0 Å². The molecule has 0 aliphatic rings. The fraction of sp³-hybridized carbons (Fsp3) is 0.176. The van der Waals surface area contributed by atoms with E-state index in [-0.39, 0.29) is 12.1 Å². The van der Waals surface area contributed by atoms with Crippen LogP contribution in [0.25, 0.3) is 21.3 Å². The van der Waals surface area contributed by atoms with Gasteiger partial charge in [-0.1, -0.05) is 39.5 Å². The Kier molecular flexibility index (Phi) is 3.90. The molecule has 2 heterocycles. The second-order valence-corrected chi connectivity index (χ2v) is 6.78. The zero-order valence-electron chi connectivity index (χ0n) is 12.2. The molecule has 110 valence electrons. The highest BCUT2D eigenvalue weighted by Crippen LogP contribution is 2.35. The third-order valence-corrected chi connectivity index (χ3v) is 5.11. The van der Waals surface area contributed by atoms with Gasteiger partial charge in [0.15, 0.2) is 0 Å². The Hall–Kier alpha value is -1.90. The molecule has 2 aromatic heterocycles. The molecule has 0 spiro atoms. The Morgan fingerprint density at radius 3 is 2.86 bits per heavy atom. The number of fused-ring (bicyclic) bond motifs is 1. The molecule has 3 rings (SSSR count). The van der Waals surface area contributed by atoms with E-state index in [9.17, 15) is 4.79 Å². The highest BCUT2D eigenvalue weighted by Gasteiger charge is 2.16. The largest absolute Gasteiger partial charge is 0.284 e. The first-order valence-corrected chi connectivity index (χ1v) is 8.39. The van der Waals surface area contributed by atoms with Gasteiger partial charge in [0.05, 0.1) is 11.9 Å². The molecule has 3 nitrogen and oxygen atoms in total. The molecule has 1 aromatic carbocycles. The molecular formula is C17H13BrN2OS. The van der Waals surface area contributed by atoms with Crippen LogP contribution in [0.15, 0.2) is 32.8 Å². The summed E-state index contributed by atoms with van der Waals surface area (Å²) >= 11 is 5.05. The molecule has 0 N–H and O–H groups in total. The minimum atomic E-state index is -0.0786. The molecule has 0 fully saturated rings. The molecular weight excluding hydrogens is 360 g/mol. The number of benzene rings is 1. The molecule has 0 amide bonds. The van der Waals surface area contributed by atoms with Crippen molar-refractivity contribution in [3.63, 3.8) is 0 Å². The van der Waals surface area contributed by atoms with Crippen LogP contribution in [0.3, 0.4) is 0 Å². The van der Waals surface area contributed by atoms with Crippen LogP contribution in [-0.2, 0) is 6.54 Å². The molecule has 0 radical (unpaired) electrons. The molecule has 0 aliphatic carbocycles. The van der Waals surface area contributed by atoms with Crippen molar-refractivity contribution >= 4 is 37.5 Å². The highest BCUT2D eigenvalue weighted by molar-refractivity contribution is 9.10. The fourth-order valence-electron chi connectivity index (χ4n) is 2.45. The van der Waals surface area contributed by atoms with E-state index in [1.807, 2.05) is 24.4 Å². The Labute approximate surface area is 140 Å². The molecule has 5 heteroatoms. The van der Waals surface area contributed by atoms with Gasteiger partial charge in [0, 0.05) is 15.4 Å². The number of halogens is 1. The van der Waals surface area contributed by atoms with Crippen LogP contribution in [0.1, 0.15) is 11.4 Å². The van der Waals surface area contributed by atoms with Crippen LogP contribution in [0.2, 0.25) is 0 Å². The minimum Gasteiger partial charge on any atom is -0.284 e. The van der Waals surface area contributed by atoms with Gasteiger partial charge in [0.1, 0.15) is 10.7 Å². The van der Waals surface area contributed by atoms with Gasteiger partial charge in [-0.3, -0.25) is 9.36 Å². The second-order valence-electron chi connectivity index (χ2n) is 5.07. The number of aryl methyl sites for hydroxylation is 2. The predicted molar refractivity (Wildman–Crippen MR) is 95.3 cm³/mol. The first-order chi connectivity index (χ1) is 10.5. The van der Waals surface area contributed by atoms with Crippen molar-refractivity contribution in [2.75, 3.05) is 0 Å². The third kappa shape index (κ3) is 2.39. The molecule has 0 unspecified atom stereocenters. The quantitative estimate of drug-likeness (QED) is 0.633. The zero-order chi connectivity index (χ0) is 15.9. The van der Waals surface area contributed by atoms with Crippen LogP contribution in [0, 0.1) is 26.2 Å². The van der Waals surface area contributed by atoms with Gasteiger partial charge >= 0.3 is 0 Å². The Morgan fingerprint density at radius 1 is 1.36 bits per heavy atom. The fourth-order valence-corrected chi connectivity index (χ4v) is 3.88. The van der Waals surface area contributed by atoms with Gasteiger partial charge in [-0.25, -0.2) is 4.98 Å². The molecule has 0 aliphatic heterocycles. The van der Waals surface area contributed by atoms with Crippen LogP contribution >= 0.6 is 27.3 Å². The topological polar surface area (TPSA) is 34.9 Å². The van der Waals surface area contributed by atoms with E-state index in [2.05, 4.69) is 32.9 Å². The van der Waals surface area contributed by atoms with E-state index in [0.717, 1.165) is 26.0 Å². The average molecular weight is 373 g/mol. The molecule has 0 saturated heterocycles. The van der Waals surface area contributed by atoms with E-state index in [0.29, 0.717) is 11.2 Å². The minimum absolute atomic E-state index is 0.0786. The average Bonchev–Trinajstić information content (AvgIpc) is 2.89. The van der Waals surface area contributed by atoms with Gasteiger partial charge in [0.2, 0.25) is 0 Å². The van der Waals surface area contributed by atoms with Gasteiger partial charge in [0.25, 0.3) is 5.56 Å². The summed E-state index contributed by atoms with van der Waals surface area (Å²) in [5, 5.41) is 2.62. The normalized spacial score (nSPS) is 10.8. The van der Waals surface area contributed by atoms with Gasteiger partial charge in [-0.2, -0.15) is 0 Å². The molecule has 22 heavy (non-hydrogen) atoms. The van der Waals surface area contributed by atoms with Gasteiger partial charge < -0.3 is 0 Å². The van der Waals surface area contributed by atoms with Crippen LogP contribution in [0.4, 0.5) is 0 Å². The van der Waals surface area contributed by atoms with Crippen molar-refractivity contribution in [1.29, 1.82) is 0 Å². The highest BCUT2D eigenvalue weighted by atomic mass is 79.9. The lowest BCUT2D eigenvalue weighted by molar-refractivity contribution is 0.743. The monoisotopic (exact) mass is 372 g/mol. The van der Waals surface area contributed by atoms with E-state index >= 15 is 0 Å². The van der Waals surface area contributed by atoms with Crippen molar-refractivity contribution in [2.24, 2.45) is 0 Å². The zero-order valence-corrected chi connectivity index (χ0v) is 14.6. The lowest BCUT2D eigenvalue weighted by atomic mass is 10.0. The summed E-state index contributed by atoms with van der Waals surface area (Å²) in [6.45, 7) is 4.07. The third-order valence-electron chi connectivity index (χ3n) is 3.55. The predicted octanol–water partition coefficient (Wildman–Crippen LogP) is 4.14. The smallest absolute Gasteiger partial charge is 0.263 e. The van der Waals surface area contributed by atoms with Crippen LogP contribution in [-0.4, -0.2) is 9.55 Å². The summed E-state index contributed by atoms with van der Waals surface area (Å²) in [5.74, 6) is 3.16. The van der Waals surface area contributed by atoms with Crippen molar-refractivity contribution in [2.45, 2.75) is 20.4 Å². The summed E-state index contributed by atoms with van der Waals surface area (Å²) < 4.78 is 2.50. The Balaban J connectivity index is 2.38. The number of nitrogens with zero attached hydrogens (tertiary/aromatic N) is 2.